The summed E-state index contributed by atoms with van der Waals surface area (Å²) in [7, 11) is 0. The summed E-state index contributed by atoms with van der Waals surface area (Å²) in [6.45, 7) is 6.82. The molecule has 2 aromatic carbocycles. The highest BCUT2D eigenvalue weighted by Crippen LogP contribution is 2.40. The quantitative estimate of drug-likeness (QED) is 0.790. The van der Waals surface area contributed by atoms with E-state index in [-0.39, 0.29) is 0 Å². The van der Waals surface area contributed by atoms with Gasteiger partial charge in [-0.3, -0.25) is 0 Å². The Morgan fingerprint density at radius 3 is 2.69 bits per heavy atom. The molecule has 0 radical (unpaired) electrons. The molecule has 1 atom stereocenters. The molecular formula is C24H29N2O3+. The van der Waals surface area contributed by atoms with E-state index in [1.165, 1.54) is 29.1 Å². The van der Waals surface area contributed by atoms with Crippen LogP contribution in [0.15, 0.2) is 36.4 Å². The fourth-order valence-corrected chi connectivity index (χ4v) is 4.86. The lowest BCUT2D eigenvalue weighted by Crippen LogP contribution is -2.41. The summed E-state index contributed by atoms with van der Waals surface area (Å²) in [5, 5.41) is 12.0. The van der Waals surface area contributed by atoms with Crippen molar-refractivity contribution >= 4 is 11.5 Å². The van der Waals surface area contributed by atoms with E-state index in [4.69, 9.17) is 9.47 Å². The van der Waals surface area contributed by atoms with Crippen molar-refractivity contribution in [2.75, 3.05) is 31.2 Å². The minimum Gasteiger partial charge on any atom is -0.486 e. The van der Waals surface area contributed by atoms with E-state index < -0.39 is 5.72 Å². The number of aliphatic hydroxyl groups is 1. The molecule has 0 aliphatic carbocycles. The average Bonchev–Trinajstić information content (AvgIpc) is 2.88. The van der Waals surface area contributed by atoms with Crippen LogP contribution in [0.25, 0.3) is 0 Å². The number of anilines is 1. The van der Waals surface area contributed by atoms with Gasteiger partial charge in [0.25, 0.3) is 11.6 Å². The molecule has 5 nitrogen and oxygen atoms in total. The summed E-state index contributed by atoms with van der Waals surface area (Å²) in [5.74, 6) is 2.71. The maximum atomic E-state index is 12.0. The van der Waals surface area contributed by atoms with Gasteiger partial charge >= 0.3 is 0 Å². The minimum absolute atomic E-state index is 0.520. The number of benzene rings is 2. The predicted molar refractivity (Wildman–Crippen MR) is 113 cm³/mol. The van der Waals surface area contributed by atoms with Crippen molar-refractivity contribution in [1.29, 1.82) is 0 Å². The van der Waals surface area contributed by atoms with Crippen molar-refractivity contribution in [3.63, 3.8) is 0 Å². The normalized spacial score (nSPS) is 23.8. The van der Waals surface area contributed by atoms with Crippen LogP contribution in [0.3, 0.4) is 0 Å². The highest BCUT2D eigenvalue weighted by Gasteiger charge is 2.52. The molecule has 0 saturated heterocycles. The van der Waals surface area contributed by atoms with Crippen LogP contribution < -0.4 is 14.4 Å². The molecule has 1 N–H and O–H groups in total. The monoisotopic (exact) mass is 393 g/mol. The lowest BCUT2D eigenvalue weighted by atomic mass is 10.00. The molecule has 0 spiro atoms. The number of hydrogen-bond donors (Lipinski definition) is 1. The largest absolute Gasteiger partial charge is 0.486 e. The van der Waals surface area contributed by atoms with Crippen molar-refractivity contribution in [3.05, 3.63) is 53.1 Å². The van der Waals surface area contributed by atoms with Crippen LogP contribution in [-0.4, -0.2) is 41.8 Å². The number of rotatable bonds is 2. The minimum atomic E-state index is -1.08. The summed E-state index contributed by atoms with van der Waals surface area (Å²) in [5.41, 5.74) is 3.54. The Hall–Kier alpha value is -2.53. The third-order valence-electron chi connectivity index (χ3n) is 6.60. The Balaban J connectivity index is 1.62. The van der Waals surface area contributed by atoms with Crippen molar-refractivity contribution < 1.29 is 19.2 Å². The van der Waals surface area contributed by atoms with E-state index in [9.17, 15) is 5.11 Å². The zero-order chi connectivity index (χ0) is 20.0. The highest BCUT2D eigenvalue weighted by atomic mass is 16.6. The number of aryl methyl sites for hydroxylation is 1. The van der Waals surface area contributed by atoms with Gasteiger partial charge in [-0.2, -0.15) is 0 Å². The van der Waals surface area contributed by atoms with Gasteiger partial charge in [-0.15, -0.1) is 0 Å². The van der Waals surface area contributed by atoms with Crippen LogP contribution in [0.2, 0.25) is 0 Å². The number of hydrogen-bond acceptors (Lipinski definition) is 4. The Kier molecular flexibility index (Phi) is 4.50. The first kappa shape index (κ1) is 18.5. The Labute approximate surface area is 172 Å². The molecule has 2 aromatic rings. The van der Waals surface area contributed by atoms with Gasteiger partial charge in [0, 0.05) is 12.0 Å². The Bertz CT molecular complexity index is 984. The molecule has 0 saturated carbocycles. The van der Waals surface area contributed by atoms with E-state index in [1.54, 1.807) is 0 Å². The Morgan fingerprint density at radius 1 is 1.00 bits per heavy atom. The molecule has 0 aromatic heterocycles. The second-order valence-electron chi connectivity index (χ2n) is 8.36. The fourth-order valence-electron chi connectivity index (χ4n) is 4.86. The number of amidine groups is 1. The zero-order valence-corrected chi connectivity index (χ0v) is 17.3. The molecule has 5 heteroatoms. The fraction of sp³-hybridized carbons (Fsp3) is 0.458. The van der Waals surface area contributed by atoms with Crippen LogP contribution >= 0.6 is 0 Å². The van der Waals surface area contributed by atoms with Gasteiger partial charge < -0.3 is 14.6 Å². The van der Waals surface area contributed by atoms with E-state index >= 15 is 0 Å². The molecule has 3 aliphatic rings. The number of ether oxygens (including phenoxy) is 2. The molecule has 152 valence electrons. The molecule has 0 amide bonds. The van der Waals surface area contributed by atoms with Gasteiger partial charge in [0.15, 0.2) is 18.0 Å². The SMILES string of the molecule is Cc1cccc(N2CC(O)(c3ccc4c(c3)OCCO4)[N+]3=C2CCCCC3)c1C. The van der Waals surface area contributed by atoms with E-state index in [2.05, 4.69) is 41.5 Å². The number of β-amino-alcohol motifs (C(OH)–C–C–N with tert-alkyl or cyclic N) is 1. The lowest BCUT2D eigenvalue weighted by molar-refractivity contribution is -0.658. The zero-order valence-electron chi connectivity index (χ0n) is 17.3. The van der Waals surface area contributed by atoms with Crippen molar-refractivity contribution in [2.45, 2.75) is 45.3 Å². The van der Waals surface area contributed by atoms with Gasteiger partial charge in [-0.25, -0.2) is 9.48 Å². The predicted octanol–water partition coefficient (Wildman–Crippen LogP) is 3.72. The van der Waals surface area contributed by atoms with Crippen LogP contribution in [0, 0.1) is 13.8 Å². The standard InChI is InChI=1S/C24H29N2O3/c1-17-7-6-8-20(18(17)2)25-16-24(27,26-12-5-3-4-9-23(25)26)19-10-11-21-22(15-19)29-14-13-28-21/h6-8,10-11,15,27H,3-5,9,12-14,16H2,1-2H3/q+1. The van der Waals surface area contributed by atoms with Crippen molar-refractivity contribution in [3.8, 4) is 11.5 Å². The third kappa shape index (κ3) is 2.99. The summed E-state index contributed by atoms with van der Waals surface area (Å²) in [6, 6.07) is 12.3. The first-order valence-corrected chi connectivity index (χ1v) is 10.7. The average molecular weight is 394 g/mol. The van der Waals surface area contributed by atoms with Crippen LogP contribution in [0.4, 0.5) is 5.69 Å². The maximum Gasteiger partial charge on any atom is 0.271 e. The topological polar surface area (TPSA) is 44.9 Å². The lowest BCUT2D eigenvalue weighted by Gasteiger charge is -2.26. The highest BCUT2D eigenvalue weighted by molar-refractivity contribution is 5.96. The summed E-state index contributed by atoms with van der Waals surface area (Å²) in [4.78, 5) is 2.34. The summed E-state index contributed by atoms with van der Waals surface area (Å²) in [6.07, 6.45) is 4.43. The molecule has 29 heavy (non-hydrogen) atoms. The summed E-state index contributed by atoms with van der Waals surface area (Å²) < 4.78 is 13.7. The summed E-state index contributed by atoms with van der Waals surface area (Å²) >= 11 is 0. The second kappa shape index (κ2) is 7.06. The van der Waals surface area contributed by atoms with E-state index in [0.717, 1.165) is 42.9 Å². The van der Waals surface area contributed by atoms with Crippen LogP contribution in [0.1, 0.15) is 42.4 Å². The smallest absolute Gasteiger partial charge is 0.271 e. The first-order chi connectivity index (χ1) is 14.1. The van der Waals surface area contributed by atoms with Crippen LogP contribution in [0.5, 0.6) is 11.5 Å². The molecular weight excluding hydrogens is 364 g/mol. The van der Waals surface area contributed by atoms with Gasteiger partial charge in [0.1, 0.15) is 18.9 Å². The van der Waals surface area contributed by atoms with E-state index in [1.807, 2.05) is 18.2 Å². The molecule has 5 rings (SSSR count). The molecule has 3 aliphatic heterocycles. The van der Waals surface area contributed by atoms with Gasteiger partial charge in [0.05, 0.1) is 6.54 Å². The van der Waals surface area contributed by atoms with Gasteiger partial charge in [-0.05, 0) is 68.5 Å². The Morgan fingerprint density at radius 2 is 1.83 bits per heavy atom. The second-order valence-corrected chi connectivity index (χ2v) is 8.36. The molecule has 0 fully saturated rings. The van der Waals surface area contributed by atoms with Crippen molar-refractivity contribution in [2.24, 2.45) is 0 Å². The van der Waals surface area contributed by atoms with E-state index in [0.29, 0.717) is 19.8 Å². The third-order valence-corrected chi connectivity index (χ3v) is 6.60. The number of nitrogens with zero attached hydrogens (tertiary/aromatic N) is 2. The molecule has 0 bridgehead atoms. The van der Waals surface area contributed by atoms with Crippen molar-refractivity contribution in [1.82, 2.24) is 0 Å². The van der Waals surface area contributed by atoms with Crippen LogP contribution in [-0.2, 0) is 5.72 Å². The molecule has 3 heterocycles. The first-order valence-electron chi connectivity index (χ1n) is 10.7. The molecule has 1 unspecified atom stereocenters. The maximum absolute atomic E-state index is 12.0. The number of fused-ring (bicyclic) bond motifs is 1. The van der Waals surface area contributed by atoms with Gasteiger partial charge in [0.2, 0.25) is 0 Å². The van der Waals surface area contributed by atoms with Gasteiger partial charge in [-0.1, -0.05) is 12.1 Å².